The molecule has 78 heavy (non-hydrogen) atoms. The molecule has 8 nitrogen and oxygen atoms in total. The summed E-state index contributed by atoms with van der Waals surface area (Å²) >= 11 is 0. The Morgan fingerprint density at radius 2 is 0.692 bits per heavy atom. The average molecular weight is 1010 g/mol. The molecule has 0 radical (unpaired) electrons. The second-order valence-electron chi connectivity index (χ2n) is 18.7. The lowest BCUT2D eigenvalue weighted by molar-refractivity contribution is -0.137. The van der Waals surface area contributed by atoms with E-state index in [9.17, 15) is 29.0 Å². The van der Waals surface area contributed by atoms with Gasteiger partial charge in [-0.05, 0) is 171 Å². The topological polar surface area (TPSA) is 94.3 Å². The molecule has 0 aliphatic heterocycles. The van der Waals surface area contributed by atoms with Crippen LogP contribution >= 0.6 is 0 Å². The van der Waals surface area contributed by atoms with Crippen LogP contribution in [0.15, 0.2) is 200 Å². The molecule has 10 aromatic carbocycles. The molecule has 0 saturated carbocycles. The third kappa shape index (κ3) is 8.17. The first-order valence-electron chi connectivity index (χ1n) is 24.3. The summed E-state index contributed by atoms with van der Waals surface area (Å²) in [5.41, 5.74) is 11.1. The van der Waals surface area contributed by atoms with Crippen molar-refractivity contribution in [2.75, 3.05) is 0 Å². The minimum Gasteiger partial charge on any atom is -0.308 e. The van der Waals surface area contributed by atoms with Gasteiger partial charge < -0.3 is 9.13 Å². The summed E-state index contributed by atoms with van der Waals surface area (Å²) in [5.74, 6) is 0. The predicted molar refractivity (Wildman–Crippen MR) is 300 cm³/mol. The number of halogens is 3. The van der Waals surface area contributed by atoms with Crippen molar-refractivity contribution in [3.8, 4) is 85.2 Å². The number of alkyl halides is 3. The van der Waals surface area contributed by atoms with E-state index in [-0.39, 0.29) is 16.8 Å². The molecule has 11 heteroatoms. The number of hydrogen-bond donors (Lipinski definition) is 0. The van der Waals surface area contributed by atoms with Gasteiger partial charge in [-0.1, -0.05) is 84.9 Å². The standard InChI is InChI=1S/C67H33F3N8/c1-74-53-14-6-12-44(27-53)48-18-22-63-58(32-48)59-33-49(45-13-7-15-54(28-45)75-2)19-23-64(59)78(63)66-35-51(50-26-52(67(68,69)70)36-55(29-50)76-3)34-65(60(66)39-73)77-61-20-16-46(42-10-4-8-40(24-42)37-71)30-56(61)57-31-47(17-21-62(57)77)43-11-5-9-41(25-43)38-72/h4-36H. The van der Waals surface area contributed by atoms with E-state index in [1.807, 2.05) is 155 Å². The van der Waals surface area contributed by atoms with Gasteiger partial charge in [0.05, 0.1) is 76.4 Å². The van der Waals surface area contributed by atoms with Gasteiger partial charge in [0.25, 0.3) is 0 Å². The van der Waals surface area contributed by atoms with E-state index in [0.717, 1.165) is 78.2 Å². The van der Waals surface area contributed by atoms with Crippen molar-refractivity contribution >= 4 is 60.7 Å². The van der Waals surface area contributed by atoms with Crippen LogP contribution in [-0.4, -0.2) is 9.13 Å². The first-order chi connectivity index (χ1) is 38.0. The van der Waals surface area contributed by atoms with Crippen LogP contribution in [0, 0.1) is 53.7 Å². The fraction of sp³-hybridized carbons (Fsp3) is 0.0149. The fourth-order valence-corrected chi connectivity index (χ4v) is 10.6. The smallest absolute Gasteiger partial charge is 0.308 e. The highest BCUT2D eigenvalue weighted by atomic mass is 19.4. The molecule has 0 unspecified atom stereocenters. The number of nitriles is 3. The lowest BCUT2D eigenvalue weighted by Gasteiger charge is -2.19. The number of nitrogens with zero attached hydrogens (tertiary/aromatic N) is 8. The summed E-state index contributed by atoms with van der Waals surface area (Å²) in [4.78, 5) is 10.8. The molecule has 0 amide bonds. The fourth-order valence-electron chi connectivity index (χ4n) is 10.6. The number of hydrogen-bond acceptors (Lipinski definition) is 3. The van der Waals surface area contributed by atoms with Crippen LogP contribution in [0.1, 0.15) is 22.3 Å². The number of aromatic nitrogens is 2. The summed E-state index contributed by atoms with van der Waals surface area (Å²) in [6.45, 7) is 23.3. The second kappa shape index (κ2) is 18.8. The maximum Gasteiger partial charge on any atom is 0.415 e. The van der Waals surface area contributed by atoms with Gasteiger partial charge in [-0.25, -0.2) is 14.5 Å². The van der Waals surface area contributed by atoms with Crippen molar-refractivity contribution in [3.63, 3.8) is 0 Å². The molecule has 2 aromatic heterocycles. The Labute approximate surface area is 444 Å². The number of rotatable bonds is 7. The predicted octanol–water partition coefficient (Wildman–Crippen LogP) is 18.5. The van der Waals surface area contributed by atoms with Gasteiger partial charge in [-0.3, -0.25) is 0 Å². The molecule has 0 atom stereocenters. The maximum absolute atomic E-state index is 14.8. The highest BCUT2D eigenvalue weighted by Gasteiger charge is 2.32. The van der Waals surface area contributed by atoms with Crippen LogP contribution in [0.3, 0.4) is 0 Å². The lowest BCUT2D eigenvalue weighted by atomic mass is 9.97. The zero-order valence-corrected chi connectivity index (χ0v) is 40.8. The molecule has 12 rings (SSSR count). The van der Waals surface area contributed by atoms with E-state index >= 15 is 0 Å². The third-order valence-corrected chi connectivity index (χ3v) is 14.2. The van der Waals surface area contributed by atoms with Gasteiger partial charge >= 0.3 is 6.18 Å². The van der Waals surface area contributed by atoms with Crippen LogP contribution < -0.4 is 0 Å². The largest absolute Gasteiger partial charge is 0.415 e. The molecule has 362 valence electrons. The van der Waals surface area contributed by atoms with Crippen molar-refractivity contribution in [1.82, 2.24) is 9.13 Å². The van der Waals surface area contributed by atoms with Gasteiger partial charge in [0.15, 0.2) is 17.1 Å². The summed E-state index contributed by atoms with van der Waals surface area (Å²) in [6, 6.07) is 66.4. The Balaban J connectivity index is 1.20. The zero-order chi connectivity index (χ0) is 53.8. The molecule has 0 aliphatic rings. The van der Waals surface area contributed by atoms with Gasteiger partial charge in [0, 0.05) is 27.1 Å². The van der Waals surface area contributed by atoms with E-state index < -0.39 is 11.7 Å². The molecular weight excluding hydrogens is 974 g/mol. The maximum atomic E-state index is 14.8. The molecule has 2 heterocycles. The molecule has 0 saturated heterocycles. The van der Waals surface area contributed by atoms with Crippen LogP contribution in [0.5, 0.6) is 0 Å². The Morgan fingerprint density at radius 3 is 1.05 bits per heavy atom. The minimum atomic E-state index is -4.79. The van der Waals surface area contributed by atoms with Crippen molar-refractivity contribution < 1.29 is 13.2 Å². The molecule has 0 spiro atoms. The van der Waals surface area contributed by atoms with Gasteiger partial charge in [-0.15, -0.1) is 0 Å². The Morgan fingerprint density at radius 1 is 0.346 bits per heavy atom. The zero-order valence-electron chi connectivity index (χ0n) is 40.8. The molecule has 0 aliphatic carbocycles. The first-order valence-corrected chi connectivity index (χ1v) is 24.3. The van der Waals surface area contributed by atoms with E-state index in [2.05, 4.69) is 32.7 Å². The van der Waals surface area contributed by atoms with Crippen LogP contribution in [0.2, 0.25) is 0 Å². The Bertz CT molecular complexity index is 4330. The second-order valence-corrected chi connectivity index (χ2v) is 18.7. The molecule has 0 fully saturated rings. The lowest BCUT2D eigenvalue weighted by Crippen LogP contribution is -2.06. The number of benzene rings is 10. The van der Waals surface area contributed by atoms with E-state index in [0.29, 0.717) is 61.5 Å². The SMILES string of the molecule is [C-]#[N+]c1cccc(-c2ccc3c(c2)c2cc(-c4cccc([N+]#[C-])c4)ccc2n3-c2cc(-c3cc([N+]#[C-])cc(C(F)(F)F)c3)cc(-n3c4ccc(-c5cccc(C#N)c5)cc4c4cc(-c5cccc(C#N)c5)ccc43)c2C#N)c1. The summed E-state index contributed by atoms with van der Waals surface area (Å²) in [5, 5.41) is 34.6. The van der Waals surface area contributed by atoms with Gasteiger partial charge in [0.1, 0.15) is 11.6 Å². The van der Waals surface area contributed by atoms with E-state index in [4.69, 9.17) is 19.7 Å². The molecule has 0 bridgehead atoms. The van der Waals surface area contributed by atoms with Crippen LogP contribution in [0.25, 0.3) is 125 Å². The quantitative estimate of drug-likeness (QED) is 0.149. The van der Waals surface area contributed by atoms with Crippen molar-refractivity contribution in [1.29, 1.82) is 15.8 Å². The van der Waals surface area contributed by atoms with E-state index in [1.54, 1.807) is 36.4 Å². The summed E-state index contributed by atoms with van der Waals surface area (Å²) in [7, 11) is 0. The summed E-state index contributed by atoms with van der Waals surface area (Å²) < 4.78 is 48.3. The molecular formula is C67H33F3N8. The normalized spacial score (nSPS) is 11.2. The van der Waals surface area contributed by atoms with Crippen molar-refractivity contribution in [2.45, 2.75) is 6.18 Å². The molecule has 12 aromatic rings. The third-order valence-electron chi connectivity index (χ3n) is 14.2. The Kier molecular flexibility index (Phi) is 11.4. The van der Waals surface area contributed by atoms with E-state index in [1.165, 1.54) is 6.07 Å². The summed E-state index contributed by atoms with van der Waals surface area (Å²) in [6.07, 6.45) is -4.79. The first kappa shape index (κ1) is 47.5. The highest BCUT2D eigenvalue weighted by molar-refractivity contribution is 6.14. The highest BCUT2D eigenvalue weighted by Crippen LogP contribution is 2.45. The number of fused-ring (bicyclic) bond motifs is 6. The minimum absolute atomic E-state index is 0.104. The van der Waals surface area contributed by atoms with Gasteiger partial charge in [-0.2, -0.15) is 29.0 Å². The average Bonchev–Trinajstić information content (AvgIpc) is 4.22. The van der Waals surface area contributed by atoms with Crippen molar-refractivity contribution in [2.24, 2.45) is 0 Å². The van der Waals surface area contributed by atoms with Crippen LogP contribution in [0.4, 0.5) is 30.2 Å². The monoisotopic (exact) mass is 1010 g/mol. The van der Waals surface area contributed by atoms with Crippen molar-refractivity contribution in [3.05, 3.63) is 257 Å². The van der Waals surface area contributed by atoms with Gasteiger partial charge in [0.2, 0.25) is 0 Å². The molecule has 0 N–H and O–H groups in total. The Hall–Kier alpha value is -11.5. The van der Waals surface area contributed by atoms with Crippen LogP contribution in [-0.2, 0) is 6.18 Å².